The molecule has 2 rings (SSSR count). The van der Waals surface area contributed by atoms with Gasteiger partial charge in [0.1, 0.15) is 6.10 Å². The highest BCUT2D eigenvalue weighted by atomic mass is 16.5. The van der Waals surface area contributed by atoms with Crippen LogP contribution in [0.5, 0.6) is 0 Å². The molecule has 0 N–H and O–H groups in total. The van der Waals surface area contributed by atoms with Crippen molar-refractivity contribution in [2.75, 3.05) is 0 Å². The van der Waals surface area contributed by atoms with E-state index in [0.29, 0.717) is 11.8 Å². The van der Waals surface area contributed by atoms with Crippen LogP contribution in [0.3, 0.4) is 0 Å². The fraction of sp³-hybridized carbons (Fsp3) is 0.550. The molecule has 22 heavy (non-hydrogen) atoms. The minimum Gasteiger partial charge on any atom is -0.454 e. The van der Waals surface area contributed by atoms with Crippen molar-refractivity contribution in [2.45, 2.75) is 59.5 Å². The molecular formula is C20H28O2. The molecule has 0 aromatic rings. The van der Waals surface area contributed by atoms with Gasteiger partial charge in [-0.1, -0.05) is 49.3 Å². The van der Waals surface area contributed by atoms with E-state index in [0.717, 1.165) is 31.3 Å². The number of hydrogen-bond donors (Lipinski definition) is 0. The summed E-state index contributed by atoms with van der Waals surface area (Å²) in [6, 6.07) is 0. The second kappa shape index (κ2) is 7.62. The van der Waals surface area contributed by atoms with Crippen LogP contribution < -0.4 is 0 Å². The third kappa shape index (κ3) is 4.72. The smallest absolute Gasteiger partial charge is 0.334 e. The molecule has 2 aliphatic rings. The molecule has 0 spiro atoms. The first kappa shape index (κ1) is 16.8. The Kier molecular flexibility index (Phi) is 5.82. The highest BCUT2D eigenvalue weighted by Crippen LogP contribution is 2.27. The molecule has 2 heteroatoms. The van der Waals surface area contributed by atoms with Crippen LogP contribution in [0.1, 0.15) is 53.4 Å². The number of rotatable bonds is 1. The van der Waals surface area contributed by atoms with Crippen LogP contribution in [-0.2, 0) is 9.53 Å². The van der Waals surface area contributed by atoms with Gasteiger partial charge in [0.15, 0.2) is 0 Å². The van der Waals surface area contributed by atoms with Crippen molar-refractivity contribution < 1.29 is 9.53 Å². The lowest BCUT2D eigenvalue weighted by atomic mass is 9.88. The van der Waals surface area contributed by atoms with Crippen molar-refractivity contribution in [3.05, 3.63) is 47.1 Å². The first-order valence-electron chi connectivity index (χ1n) is 8.38. The van der Waals surface area contributed by atoms with Crippen molar-refractivity contribution in [3.8, 4) is 0 Å². The predicted octanol–water partition coefficient (Wildman–Crippen LogP) is 5.13. The minimum absolute atomic E-state index is 0.0696. The monoisotopic (exact) mass is 300 g/mol. The van der Waals surface area contributed by atoms with Crippen LogP contribution in [-0.4, -0.2) is 12.1 Å². The summed E-state index contributed by atoms with van der Waals surface area (Å²) in [5, 5.41) is 0. The molecule has 0 aromatic heterocycles. The van der Waals surface area contributed by atoms with Crippen LogP contribution in [0.25, 0.3) is 0 Å². The quantitative estimate of drug-likeness (QED) is 0.495. The van der Waals surface area contributed by atoms with E-state index in [1.54, 1.807) is 0 Å². The number of allylic oxidation sites excluding steroid dienone is 5. The van der Waals surface area contributed by atoms with Crippen molar-refractivity contribution >= 4 is 5.97 Å². The van der Waals surface area contributed by atoms with Crippen molar-refractivity contribution in [3.63, 3.8) is 0 Å². The predicted molar refractivity (Wildman–Crippen MR) is 91.4 cm³/mol. The zero-order valence-corrected chi connectivity index (χ0v) is 14.3. The van der Waals surface area contributed by atoms with Gasteiger partial charge in [-0.3, -0.25) is 0 Å². The summed E-state index contributed by atoms with van der Waals surface area (Å²) in [4.78, 5) is 12.0. The standard InChI is InChI=1S/C20H28O2/c1-14(2)17-9-8-15(3)6-5-7-16(4)12-19-13-18(11-10-17)20(21)22-19/h6-9,13-14,17,19H,5,10-12H2,1-4H3/b9-8+,15-6-,16-7+/t17-,19-/m1/s1. The normalized spacial score (nSPS) is 33.1. The largest absolute Gasteiger partial charge is 0.454 e. The fourth-order valence-electron chi connectivity index (χ4n) is 2.99. The van der Waals surface area contributed by atoms with Crippen LogP contribution >= 0.6 is 0 Å². The molecule has 1 aliphatic carbocycles. The van der Waals surface area contributed by atoms with E-state index in [9.17, 15) is 4.79 Å². The number of esters is 1. The van der Waals surface area contributed by atoms with Gasteiger partial charge in [-0.15, -0.1) is 0 Å². The minimum atomic E-state index is -0.117. The average molecular weight is 300 g/mol. The summed E-state index contributed by atoms with van der Waals surface area (Å²) in [7, 11) is 0. The van der Waals surface area contributed by atoms with Crippen LogP contribution in [0.2, 0.25) is 0 Å². The Morgan fingerprint density at radius 1 is 1.23 bits per heavy atom. The summed E-state index contributed by atoms with van der Waals surface area (Å²) in [6.45, 7) is 8.75. The van der Waals surface area contributed by atoms with E-state index >= 15 is 0 Å². The first-order valence-corrected chi connectivity index (χ1v) is 8.38. The Hall–Kier alpha value is -1.57. The molecule has 1 heterocycles. The summed E-state index contributed by atoms with van der Waals surface area (Å²) in [5.41, 5.74) is 3.45. The van der Waals surface area contributed by atoms with Gasteiger partial charge >= 0.3 is 5.97 Å². The van der Waals surface area contributed by atoms with Crippen LogP contribution in [0, 0.1) is 11.8 Å². The van der Waals surface area contributed by atoms with Crippen molar-refractivity contribution in [1.29, 1.82) is 0 Å². The van der Waals surface area contributed by atoms with Gasteiger partial charge in [0.2, 0.25) is 0 Å². The number of hydrogen-bond acceptors (Lipinski definition) is 2. The maximum Gasteiger partial charge on any atom is 0.334 e. The Balaban J connectivity index is 2.22. The van der Waals surface area contributed by atoms with Gasteiger partial charge in [0.25, 0.3) is 0 Å². The molecule has 0 amide bonds. The Morgan fingerprint density at radius 3 is 2.73 bits per heavy atom. The Bertz CT molecular complexity index is 532. The molecule has 0 saturated heterocycles. The van der Waals surface area contributed by atoms with Gasteiger partial charge in [0, 0.05) is 12.0 Å². The lowest BCUT2D eigenvalue weighted by Crippen LogP contribution is -2.10. The van der Waals surface area contributed by atoms with Gasteiger partial charge in [-0.2, -0.15) is 0 Å². The highest BCUT2D eigenvalue weighted by molar-refractivity contribution is 5.90. The van der Waals surface area contributed by atoms with E-state index in [-0.39, 0.29) is 12.1 Å². The molecule has 0 aromatic carbocycles. The lowest BCUT2D eigenvalue weighted by molar-refractivity contribution is -0.139. The average Bonchev–Trinajstić information content (AvgIpc) is 2.77. The molecule has 1 aliphatic heterocycles. The van der Waals surface area contributed by atoms with E-state index in [1.807, 2.05) is 6.08 Å². The summed E-state index contributed by atoms with van der Waals surface area (Å²) in [5.74, 6) is 0.956. The van der Waals surface area contributed by atoms with Gasteiger partial charge in [-0.25, -0.2) is 4.79 Å². The third-order valence-electron chi connectivity index (χ3n) is 4.55. The molecule has 0 fully saturated rings. The van der Waals surface area contributed by atoms with Crippen molar-refractivity contribution in [1.82, 2.24) is 0 Å². The lowest BCUT2D eigenvalue weighted by Gasteiger charge is -2.16. The molecule has 2 bridgehead atoms. The Labute approximate surface area is 134 Å². The molecule has 0 radical (unpaired) electrons. The second-order valence-corrected chi connectivity index (χ2v) is 6.88. The van der Waals surface area contributed by atoms with E-state index in [4.69, 9.17) is 4.74 Å². The summed E-state index contributed by atoms with van der Waals surface area (Å²) < 4.78 is 5.48. The molecular weight excluding hydrogens is 272 g/mol. The van der Waals surface area contributed by atoms with Crippen LogP contribution in [0.4, 0.5) is 0 Å². The highest BCUT2D eigenvalue weighted by Gasteiger charge is 2.26. The van der Waals surface area contributed by atoms with Crippen molar-refractivity contribution in [2.24, 2.45) is 11.8 Å². The number of ether oxygens (including phenoxy) is 1. The van der Waals surface area contributed by atoms with Crippen LogP contribution in [0.15, 0.2) is 47.1 Å². The molecule has 2 atom stereocenters. The number of fused-ring (bicyclic) bond motifs is 1. The zero-order valence-electron chi connectivity index (χ0n) is 14.3. The zero-order chi connectivity index (χ0) is 16.1. The molecule has 0 unspecified atom stereocenters. The number of carbonyl (C=O) groups excluding carboxylic acids is 1. The molecule has 0 saturated carbocycles. The maximum atomic E-state index is 12.0. The molecule has 2 nitrogen and oxygen atoms in total. The maximum absolute atomic E-state index is 12.0. The van der Waals surface area contributed by atoms with E-state index in [1.165, 1.54) is 11.1 Å². The topological polar surface area (TPSA) is 26.3 Å². The van der Waals surface area contributed by atoms with Gasteiger partial charge < -0.3 is 4.74 Å². The second-order valence-electron chi connectivity index (χ2n) is 6.88. The molecule has 120 valence electrons. The third-order valence-corrected chi connectivity index (χ3v) is 4.55. The first-order chi connectivity index (χ1) is 10.5. The SMILES string of the molecule is CC1=C/C/C=C(\C)C[C@@H]2C=C(CC[C@H](C(C)C)\C=C\1)C(=O)O2. The van der Waals surface area contributed by atoms with E-state index in [2.05, 4.69) is 52.0 Å². The Morgan fingerprint density at radius 2 is 2.00 bits per heavy atom. The summed E-state index contributed by atoms with van der Waals surface area (Å²) >= 11 is 0. The van der Waals surface area contributed by atoms with Gasteiger partial charge in [0.05, 0.1) is 0 Å². The fourth-order valence-corrected chi connectivity index (χ4v) is 2.99. The summed E-state index contributed by atoms with van der Waals surface area (Å²) in [6.07, 6.45) is 14.5. The van der Waals surface area contributed by atoms with E-state index < -0.39 is 0 Å². The van der Waals surface area contributed by atoms with Gasteiger partial charge in [-0.05, 0) is 51.0 Å². The number of carbonyl (C=O) groups is 1.